The van der Waals surface area contributed by atoms with Crippen LogP contribution < -0.4 is 10.5 Å². The van der Waals surface area contributed by atoms with Crippen molar-refractivity contribution in [2.75, 3.05) is 5.73 Å². The fraction of sp³-hybridized carbons (Fsp3) is 0.0769. The van der Waals surface area contributed by atoms with Crippen LogP contribution >= 0.6 is 23.2 Å². The number of nitrogen functional groups attached to an aromatic ring is 1. The van der Waals surface area contributed by atoms with Gasteiger partial charge in [0.1, 0.15) is 12.4 Å². The maximum Gasteiger partial charge on any atom is 0.119 e. The minimum absolute atomic E-state index is 0.403. The Hall–Kier alpha value is -1.38. The van der Waals surface area contributed by atoms with Crippen molar-refractivity contribution in [1.29, 1.82) is 0 Å². The molecule has 0 fully saturated rings. The van der Waals surface area contributed by atoms with E-state index in [4.69, 9.17) is 33.7 Å². The number of anilines is 1. The van der Waals surface area contributed by atoms with Gasteiger partial charge in [0.05, 0.1) is 0 Å². The molecule has 0 radical (unpaired) electrons. The SMILES string of the molecule is Nc1ccc(OCc2ccc(Cl)cc2Cl)cc1. The molecular formula is C13H11Cl2NO. The molecule has 4 heteroatoms. The number of hydrogen-bond donors (Lipinski definition) is 1. The molecule has 0 aliphatic rings. The van der Waals surface area contributed by atoms with Gasteiger partial charge in [-0.25, -0.2) is 0 Å². The molecular weight excluding hydrogens is 257 g/mol. The van der Waals surface area contributed by atoms with Crippen LogP contribution in [0, 0.1) is 0 Å². The van der Waals surface area contributed by atoms with E-state index < -0.39 is 0 Å². The van der Waals surface area contributed by atoms with Crippen LogP contribution in [0.15, 0.2) is 42.5 Å². The van der Waals surface area contributed by atoms with Crippen molar-refractivity contribution in [1.82, 2.24) is 0 Å². The third kappa shape index (κ3) is 3.29. The van der Waals surface area contributed by atoms with Crippen molar-refractivity contribution in [2.45, 2.75) is 6.61 Å². The summed E-state index contributed by atoms with van der Waals surface area (Å²) in [6.45, 7) is 0.403. The standard InChI is InChI=1S/C13H11Cl2NO/c14-10-2-1-9(13(15)7-10)8-17-12-5-3-11(16)4-6-12/h1-7H,8,16H2. The summed E-state index contributed by atoms with van der Waals surface area (Å²) in [6.07, 6.45) is 0. The second kappa shape index (κ2) is 5.30. The highest BCUT2D eigenvalue weighted by atomic mass is 35.5. The summed E-state index contributed by atoms with van der Waals surface area (Å²) in [5.74, 6) is 0.755. The van der Waals surface area contributed by atoms with Gasteiger partial charge in [0.2, 0.25) is 0 Å². The number of benzene rings is 2. The van der Waals surface area contributed by atoms with E-state index >= 15 is 0 Å². The lowest BCUT2D eigenvalue weighted by Crippen LogP contribution is -1.96. The first kappa shape index (κ1) is 12.1. The number of ether oxygens (including phenoxy) is 1. The van der Waals surface area contributed by atoms with Crippen molar-refractivity contribution in [3.8, 4) is 5.75 Å². The fourth-order valence-electron chi connectivity index (χ4n) is 1.36. The number of hydrogen-bond acceptors (Lipinski definition) is 2. The van der Waals surface area contributed by atoms with Crippen molar-refractivity contribution >= 4 is 28.9 Å². The zero-order chi connectivity index (χ0) is 12.3. The van der Waals surface area contributed by atoms with E-state index in [1.807, 2.05) is 18.2 Å². The van der Waals surface area contributed by atoms with Crippen LogP contribution in [0.1, 0.15) is 5.56 Å². The molecule has 0 heterocycles. The van der Waals surface area contributed by atoms with Crippen molar-refractivity contribution in [2.24, 2.45) is 0 Å². The third-order valence-corrected chi connectivity index (χ3v) is 2.88. The van der Waals surface area contributed by atoms with Crippen LogP contribution in [0.4, 0.5) is 5.69 Å². The van der Waals surface area contributed by atoms with Gasteiger partial charge in [-0.05, 0) is 36.4 Å². The molecule has 0 bridgehead atoms. The van der Waals surface area contributed by atoms with E-state index in [-0.39, 0.29) is 0 Å². The highest BCUT2D eigenvalue weighted by molar-refractivity contribution is 6.35. The topological polar surface area (TPSA) is 35.2 Å². The average molecular weight is 268 g/mol. The largest absolute Gasteiger partial charge is 0.489 e. The van der Waals surface area contributed by atoms with E-state index in [9.17, 15) is 0 Å². The molecule has 0 amide bonds. The molecule has 0 aliphatic heterocycles. The molecule has 88 valence electrons. The average Bonchev–Trinajstić information content (AvgIpc) is 2.30. The Kier molecular flexibility index (Phi) is 3.77. The summed E-state index contributed by atoms with van der Waals surface area (Å²) < 4.78 is 5.58. The van der Waals surface area contributed by atoms with E-state index in [0.29, 0.717) is 22.3 Å². The van der Waals surface area contributed by atoms with Gasteiger partial charge in [-0.2, -0.15) is 0 Å². The first-order valence-corrected chi connectivity index (χ1v) is 5.83. The summed E-state index contributed by atoms with van der Waals surface area (Å²) in [5, 5.41) is 1.22. The maximum atomic E-state index is 6.04. The monoisotopic (exact) mass is 267 g/mol. The van der Waals surface area contributed by atoms with Crippen LogP contribution in [0.2, 0.25) is 10.0 Å². The molecule has 0 aromatic heterocycles. The number of halogens is 2. The Bertz CT molecular complexity index is 511. The molecule has 2 N–H and O–H groups in total. The van der Waals surface area contributed by atoms with Gasteiger partial charge in [0, 0.05) is 21.3 Å². The van der Waals surface area contributed by atoms with Crippen LogP contribution in [-0.2, 0) is 6.61 Å². The van der Waals surface area contributed by atoms with Crippen LogP contribution in [0.3, 0.4) is 0 Å². The summed E-state index contributed by atoms with van der Waals surface area (Å²) >= 11 is 11.8. The Morgan fingerprint density at radius 3 is 2.35 bits per heavy atom. The highest BCUT2D eigenvalue weighted by Gasteiger charge is 2.02. The molecule has 0 aliphatic carbocycles. The van der Waals surface area contributed by atoms with Crippen molar-refractivity contribution < 1.29 is 4.74 Å². The maximum absolute atomic E-state index is 6.04. The summed E-state index contributed by atoms with van der Waals surface area (Å²) in [7, 11) is 0. The van der Waals surface area contributed by atoms with Gasteiger partial charge in [-0.15, -0.1) is 0 Å². The molecule has 2 aromatic carbocycles. The predicted molar refractivity (Wildman–Crippen MR) is 71.6 cm³/mol. The lowest BCUT2D eigenvalue weighted by molar-refractivity contribution is 0.306. The Morgan fingerprint density at radius 2 is 1.71 bits per heavy atom. The molecule has 2 nitrogen and oxygen atoms in total. The molecule has 0 unspecified atom stereocenters. The fourth-order valence-corrected chi connectivity index (χ4v) is 1.83. The van der Waals surface area contributed by atoms with E-state index in [0.717, 1.165) is 11.3 Å². The predicted octanol–water partition coefficient (Wildman–Crippen LogP) is 4.15. The quantitative estimate of drug-likeness (QED) is 0.848. The smallest absolute Gasteiger partial charge is 0.119 e. The molecule has 0 saturated heterocycles. The van der Waals surface area contributed by atoms with Crippen LogP contribution in [-0.4, -0.2) is 0 Å². The van der Waals surface area contributed by atoms with E-state index in [1.165, 1.54) is 0 Å². The van der Waals surface area contributed by atoms with Crippen LogP contribution in [0.5, 0.6) is 5.75 Å². The Balaban J connectivity index is 2.04. The van der Waals surface area contributed by atoms with Crippen molar-refractivity contribution in [3.05, 3.63) is 58.1 Å². The summed E-state index contributed by atoms with van der Waals surface area (Å²) in [5.41, 5.74) is 7.19. The Labute approximate surface area is 110 Å². The zero-order valence-corrected chi connectivity index (χ0v) is 10.5. The lowest BCUT2D eigenvalue weighted by atomic mass is 10.2. The van der Waals surface area contributed by atoms with Gasteiger partial charge in [-0.3, -0.25) is 0 Å². The first-order chi connectivity index (χ1) is 8.15. The summed E-state index contributed by atoms with van der Waals surface area (Å²) in [6, 6.07) is 12.6. The normalized spacial score (nSPS) is 10.2. The van der Waals surface area contributed by atoms with E-state index in [1.54, 1.807) is 24.3 Å². The molecule has 0 saturated carbocycles. The van der Waals surface area contributed by atoms with E-state index in [2.05, 4.69) is 0 Å². The zero-order valence-electron chi connectivity index (χ0n) is 8.99. The van der Waals surface area contributed by atoms with Crippen molar-refractivity contribution in [3.63, 3.8) is 0 Å². The lowest BCUT2D eigenvalue weighted by Gasteiger charge is -2.08. The summed E-state index contributed by atoms with van der Waals surface area (Å²) in [4.78, 5) is 0. The van der Waals surface area contributed by atoms with Crippen LogP contribution in [0.25, 0.3) is 0 Å². The minimum Gasteiger partial charge on any atom is -0.489 e. The number of nitrogens with two attached hydrogens (primary N) is 1. The Morgan fingerprint density at radius 1 is 1.00 bits per heavy atom. The third-order valence-electron chi connectivity index (χ3n) is 2.29. The molecule has 2 aromatic rings. The molecule has 0 atom stereocenters. The van der Waals surface area contributed by atoms with Gasteiger partial charge in [0.25, 0.3) is 0 Å². The second-order valence-electron chi connectivity index (χ2n) is 3.59. The first-order valence-electron chi connectivity index (χ1n) is 5.07. The second-order valence-corrected chi connectivity index (χ2v) is 4.44. The molecule has 2 rings (SSSR count). The van der Waals surface area contributed by atoms with Gasteiger partial charge < -0.3 is 10.5 Å². The highest BCUT2D eigenvalue weighted by Crippen LogP contribution is 2.22. The molecule has 0 spiro atoms. The van der Waals surface area contributed by atoms with Gasteiger partial charge in [-0.1, -0.05) is 29.3 Å². The van der Waals surface area contributed by atoms with Gasteiger partial charge in [0.15, 0.2) is 0 Å². The van der Waals surface area contributed by atoms with Gasteiger partial charge >= 0.3 is 0 Å². The number of rotatable bonds is 3. The minimum atomic E-state index is 0.403. The molecule has 17 heavy (non-hydrogen) atoms.